The standard InChI is InChI=1S/C10H14N6O/c1-11-7-4-2-3-6(7)10-14-9(16-17-10)8-12-5-13-15-8/h5-7,11H,2-4H2,1H3,(H,12,13,15). The molecule has 17 heavy (non-hydrogen) atoms. The number of nitrogens with one attached hydrogen (secondary N) is 2. The molecule has 0 radical (unpaired) electrons. The number of aromatic amines is 1. The molecule has 1 aliphatic rings. The number of H-pyrrole nitrogens is 1. The first-order valence-electron chi connectivity index (χ1n) is 5.75. The average Bonchev–Trinajstić information content (AvgIpc) is 3.09. The highest BCUT2D eigenvalue weighted by atomic mass is 16.5. The van der Waals surface area contributed by atoms with Crippen LogP contribution in [0, 0.1) is 0 Å². The molecule has 3 rings (SSSR count). The minimum atomic E-state index is 0.309. The molecule has 2 atom stereocenters. The second-order valence-electron chi connectivity index (χ2n) is 4.22. The first-order valence-corrected chi connectivity index (χ1v) is 5.75. The van der Waals surface area contributed by atoms with Gasteiger partial charge >= 0.3 is 0 Å². The van der Waals surface area contributed by atoms with Crippen molar-refractivity contribution in [3.05, 3.63) is 12.2 Å². The number of hydrogen-bond acceptors (Lipinski definition) is 6. The van der Waals surface area contributed by atoms with E-state index < -0.39 is 0 Å². The van der Waals surface area contributed by atoms with Crippen LogP contribution >= 0.6 is 0 Å². The maximum atomic E-state index is 5.32. The first-order chi connectivity index (χ1) is 8.38. The summed E-state index contributed by atoms with van der Waals surface area (Å²) in [7, 11) is 1.97. The van der Waals surface area contributed by atoms with Crippen molar-refractivity contribution in [2.24, 2.45) is 0 Å². The van der Waals surface area contributed by atoms with Crippen LogP contribution in [0.1, 0.15) is 31.1 Å². The van der Waals surface area contributed by atoms with Gasteiger partial charge in [0.05, 0.1) is 5.92 Å². The van der Waals surface area contributed by atoms with Crippen molar-refractivity contribution in [3.63, 3.8) is 0 Å². The maximum Gasteiger partial charge on any atom is 0.239 e. The van der Waals surface area contributed by atoms with E-state index in [2.05, 4.69) is 30.6 Å². The van der Waals surface area contributed by atoms with Crippen LogP contribution in [-0.2, 0) is 0 Å². The third-order valence-corrected chi connectivity index (χ3v) is 3.27. The van der Waals surface area contributed by atoms with E-state index in [1.54, 1.807) is 0 Å². The second-order valence-corrected chi connectivity index (χ2v) is 4.22. The van der Waals surface area contributed by atoms with Crippen LogP contribution in [0.4, 0.5) is 0 Å². The lowest BCUT2D eigenvalue weighted by atomic mass is 10.0. The van der Waals surface area contributed by atoms with Gasteiger partial charge in [0.2, 0.25) is 11.7 Å². The van der Waals surface area contributed by atoms with Gasteiger partial charge in [0.15, 0.2) is 5.82 Å². The summed E-state index contributed by atoms with van der Waals surface area (Å²) >= 11 is 0. The Balaban J connectivity index is 1.85. The Morgan fingerprint density at radius 3 is 3.18 bits per heavy atom. The van der Waals surface area contributed by atoms with Crippen LogP contribution in [0.2, 0.25) is 0 Å². The first kappa shape index (κ1) is 10.4. The van der Waals surface area contributed by atoms with Gasteiger partial charge in [0.25, 0.3) is 0 Å². The quantitative estimate of drug-likeness (QED) is 0.812. The molecule has 2 aromatic heterocycles. The number of rotatable bonds is 3. The summed E-state index contributed by atoms with van der Waals surface area (Å²) in [5, 5.41) is 13.7. The Bertz CT molecular complexity index is 479. The SMILES string of the molecule is CNC1CCCC1c1nc(-c2ncn[nH]2)no1. The second kappa shape index (κ2) is 4.25. The molecule has 7 nitrogen and oxygen atoms in total. The summed E-state index contributed by atoms with van der Waals surface area (Å²) in [5.74, 6) is 2.01. The number of aromatic nitrogens is 5. The van der Waals surface area contributed by atoms with Crippen molar-refractivity contribution >= 4 is 0 Å². The molecule has 2 N–H and O–H groups in total. The molecule has 1 saturated carbocycles. The number of hydrogen-bond donors (Lipinski definition) is 2. The molecule has 2 unspecified atom stereocenters. The molecular formula is C10H14N6O. The topological polar surface area (TPSA) is 92.5 Å². The summed E-state index contributed by atoms with van der Waals surface area (Å²) in [6, 6.07) is 0.429. The van der Waals surface area contributed by atoms with Crippen molar-refractivity contribution in [2.45, 2.75) is 31.2 Å². The van der Waals surface area contributed by atoms with E-state index in [1.165, 1.54) is 12.7 Å². The van der Waals surface area contributed by atoms with E-state index >= 15 is 0 Å². The highest BCUT2D eigenvalue weighted by Gasteiger charge is 2.32. The van der Waals surface area contributed by atoms with Crippen LogP contribution in [0.5, 0.6) is 0 Å². The fourth-order valence-corrected chi connectivity index (χ4v) is 2.40. The number of likely N-dealkylation sites (N-methyl/N-ethyl adjacent to an activating group) is 1. The van der Waals surface area contributed by atoms with E-state index in [-0.39, 0.29) is 0 Å². The lowest BCUT2D eigenvalue weighted by molar-refractivity contribution is 0.335. The van der Waals surface area contributed by atoms with Gasteiger partial charge < -0.3 is 9.84 Å². The Kier molecular flexibility index (Phi) is 2.60. The van der Waals surface area contributed by atoms with Crippen molar-refractivity contribution in [2.75, 3.05) is 7.05 Å². The molecule has 2 heterocycles. The highest BCUT2D eigenvalue weighted by Crippen LogP contribution is 2.33. The zero-order valence-electron chi connectivity index (χ0n) is 9.55. The van der Waals surface area contributed by atoms with Crippen LogP contribution in [0.15, 0.2) is 10.9 Å². The van der Waals surface area contributed by atoms with Crippen molar-refractivity contribution < 1.29 is 4.52 Å². The Labute approximate surface area is 98.0 Å². The van der Waals surface area contributed by atoms with Gasteiger partial charge in [-0.05, 0) is 19.9 Å². The normalized spacial score (nSPS) is 24.3. The Morgan fingerprint density at radius 1 is 1.47 bits per heavy atom. The van der Waals surface area contributed by atoms with E-state index in [9.17, 15) is 0 Å². The summed E-state index contributed by atoms with van der Waals surface area (Å²) in [5.41, 5.74) is 0. The lowest BCUT2D eigenvalue weighted by Crippen LogP contribution is -2.27. The van der Waals surface area contributed by atoms with Crippen LogP contribution < -0.4 is 5.32 Å². The maximum absolute atomic E-state index is 5.32. The summed E-state index contributed by atoms with van der Waals surface area (Å²) < 4.78 is 5.32. The van der Waals surface area contributed by atoms with E-state index in [1.807, 2.05) is 7.05 Å². The van der Waals surface area contributed by atoms with E-state index in [0.29, 0.717) is 29.5 Å². The molecule has 0 bridgehead atoms. The molecular weight excluding hydrogens is 220 g/mol. The molecule has 1 aliphatic carbocycles. The predicted octanol–water partition coefficient (Wildman–Crippen LogP) is 0.710. The minimum Gasteiger partial charge on any atom is -0.338 e. The molecule has 0 aliphatic heterocycles. The van der Waals surface area contributed by atoms with Crippen LogP contribution in [-0.4, -0.2) is 38.4 Å². The Hall–Kier alpha value is -1.76. The van der Waals surface area contributed by atoms with Crippen molar-refractivity contribution in [1.29, 1.82) is 0 Å². The summed E-state index contributed by atoms with van der Waals surface area (Å²) in [6.45, 7) is 0. The van der Waals surface area contributed by atoms with Crippen LogP contribution in [0.25, 0.3) is 11.6 Å². The minimum absolute atomic E-state index is 0.309. The largest absolute Gasteiger partial charge is 0.338 e. The lowest BCUT2D eigenvalue weighted by Gasteiger charge is -2.14. The fourth-order valence-electron chi connectivity index (χ4n) is 2.40. The summed E-state index contributed by atoms with van der Waals surface area (Å²) in [4.78, 5) is 8.38. The van der Waals surface area contributed by atoms with E-state index in [4.69, 9.17) is 4.52 Å². The molecule has 1 fully saturated rings. The van der Waals surface area contributed by atoms with Gasteiger partial charge in [-0.3, -0.25) is 5.10 Å². The molecule has 0 aromatic carbocycles. The molecule has 7 heteroatoms. The molecule has 2 aromatic rings. The third kappa shape index (κ3) is 1.82. The van der Waals surface area contributed by atoms with Crippen molar-refractivity contribution in [1.82, 2.24) is 30.6 Å². The van der Waals surface area contributed by atoms with Crippen LogP contribution in [0.3, 0.4) is 0 Å². The van der Waals surface area contributed by atoms with Gasteiger partial charge in [0, 0.05) is 6.04 Å². The van der Waals surface area contributed by atoms with Gasteiger partial charge in [0.1, 0.15) is 6.33 Å². The number of nitrogens with zero attached hydrogens (tertiary/aromatic N) is 4. The molecule has 90 valence electrons. The van der Waals surface area contributed by atoms with E-state index in [0.717, 1.165) is 12.8 Å². The predicted molar refractivity (Wildman–Crippen MR) is 59.1 cm³/mol. The third-order valence-electron chi connectivity index (χ3n) is 3.27. The zero-order chi connectivity index (χ0) is 11.7. The average molecular weight is 234 g/mol. The van der Waals surface area contributed by atoms with Crippen molar-refractivity contribution in [3.8, 4) is 11.6 Å². The Morgan fingerprint density at radius 2 is 2.41 bits per heavy atom. The van der Waals surface area contributed by atoms with Gasteiger partial charge in [-0.15, -0.1) is 0 Å². The smallest absolute Gasteiger partial charge is 0.239 e. The zero-order valence-corrected chi connectivity index (χ0v) is 9.55. The summed E-state index contributed by atoms with van der Waals surface area (Å²) in [6.07, 6.45) is 4.86. The van der Waals surface area contributed by atoms with Gasteiger partial charge in [-0.2, -0.15) is 10.1 Å². The van der Waals surface area contributed by atoms with Gasteiger partial charge in [-0.25, -0.2) is 4.98 Å². The highest BCUT2D eigenvalue weighted by molar-refractivity contribution is 5.39. The molecule has 0 spiro atoms. The molecule has 0 saturated heterocycles. The monoisotopic (exact) mass is 234 g/mol. The fraction of sp³-hybridized carbons (Fsp3) is 0.600. The van der Waals surface area contributed by atoms with Gasteiger partial charge in [-0.1, -0.05) is 11.6 Å². The molecule has 0 amide bonds.